The first-order chi connectivity index (χ1) is 16.0. The maximum atomic E-state index is 12.9. The topological polar surface area (TPSA) is 96.0 Å². The summed E-state index contributed by atoms with van der Waals surface area (Å²) in [6, 6.07) is 22.1. The molecule has 0 saturated carbocycles. The molecule has 0 amide bonds. The molecule has 1 aliphatic heterocycles. The summed E-state index contributed by atoms with van der Waals surface area (Å²) in [5, 5.41) is 6.61. The summed E-state index contributed by atoms with van der Waals surface area (Å²) in [4.78, 5) is 9.24. The molecule has 5 rings (SSSR count). The van der Waals surface area contributed by atoms with Crippen molar-refractivity contribution in [3.05, 3.63) is 95.7 Å². The van der Waals surface area contributed by atoms with Gasteiger partial charge in [0, 0.05) is 23.1 Å². The minimum atomic E-state index is -3.70. The molecule has 0 aliphatic carbocycles. The van der Waals surface area contributed by atoms with Crippen molar-refractivity contribution in [3.63, 3.8) is 0 Å². The Morgan fingerprint density at radius 2 is 1.70 bits per heavy atom. The molecule has 1 aliphatic rings. The minimum Gasteiger partial charge on any atom is -0.340 e. The van der Waals surface area contributed by atoms with Gasteiger partial charge in [0.15, 0.2) is 0 Å². The fraction of sp³-hybridized carbons (Fsp3) is 0.120. The smallest absolute Gasteiger partial charge is 0.261 e. The molecule has 33 heavy (non-hydrogen) atoms. The lowest BCUT2D eigenvalue weighted by atomic mass is 10.0. The second-order valence-electron chi connectivity index (χ2n) is 7.97. The van der Waals surface area contributed by atoms with E-state index in [1.54, 1.807) is 42.6 Å². The van der Waals surface area contributed by atoms with Crippen molar-refractivity contribution in [2.24, 2.45) is 0 Å². The van der Waals surface area contributed by atoms with Gasteiger partial charge in [-0.2, -0.15) is 4.98 Å². The summed E-state index contributed by atoms with van der Waals surface area (Å²) < 4.78 is 28.7. The Labute approximate surface area is 193 Å². The van der Waals surface area contributed by atoms with E-state index < -0.39 is 10.0 Å². The van der Waals surface area contributed by atoms with Crippen LogP contribution < -0.4 is 15.4 Å². The average Bonchev–Trinajstić information content (AvgIpc) is 2.82. The average molecular weight is 458 g/mol. The van der Waals surface area contributed by atoms with Gasteiger partial charge in [0.2, 0.25) is 5.95 Å². The van der Waals surface area contributed by atoms with Crippen LogP contribution in [0.2, 0.25) is 0 Å². The number of nitrogens with zero attached hydrogens (tertiary/aromatic N) is 2. The molecule has 0 saturated heterocycles. The summed E-state index contributed by atoms with van der Waals surface area (Å²) in [5.74, 6) is 1.19. The molecular formula is C25H23N5O2S. The van der Waals surface area contributed by atoms with Gasteiger partial charge in [0.05, 0.1) is 10.6 Å². The maximum Gasteiger partial charge on any atom is 0.261 e. The van der Waals surface area contributed by atoms with Crippen LogP contribution in [0, 0.1) is 6.92 Å². The number of hydrogen-bond acceptors (Lipinski definition) is 6. The quantitative estimate of drug-likeness (QED) is 0.393. The molecule has 2 heterocycles. The third kappa shape index (κ3) is 4.65. The lowest BCUT2D eigenvalue weighted by molar-refractivity contribution is 0.601. The first kappa shape index (κ1) is 21.0. The standard InChI is InChI=1S/C25H23N5O2S/c1-17-16-26-25-28-20-7-5-6-18(14-20)10-11-19-15-21(27-24(17)29-25)12-13-23(19)30-33(31,32)22-8-3-2-4-9-22/h2-9,12-16,30H,10-11H2,1H3,(H2,26,27,28,29). The van der Waals surface area contributed by atoms with Gasteiger partial charge in [-0.3, -0.25) is 4.72 Å². The molecule has 0 unspecified atom stereocenters. The van der Waals surface area contributed by atoms with E-state index in [0.29, 0.717) is 23.9 Å². The van der Waals surface area contributed by atoms with Crippen molar-refractivity contribution in [1.82, 2.24) is 9.97 Å². The number of rotatable bonds is 3. The molecule has 0 radical (unpaired) electrons. The highest BCUT2D eigenvalue weighted by molar-refractivity contribution is 7.92. The normalized spacial score (nSPS) is 12.9. The monoisotopic (exact) mass is 457 g/mol. The molecule has 0 fully saturated rings. The van der Waals surface area contributed by atoms with Gasteiger partial charge in [0.1, 0.15) is 5.82 Å². The second-order valence-corrected chi connectivity index (χ2v) is 9.65. The van der Waals surface area contributed by atoms with Gasteiger partial charge in [-0.05, 0) is 73.4 Å². The molecule has 1 aromatic heterocycles. The fourth-order valence-corrected chi connectivity index (χ4v) is 4.88. The number of benzene rings is 3. The van der Waals surface area contributed by atoms with E-state index in [9.17, 15) is 8.42 Å². The zero-order chi connectivity index (χ0) is 22.8. The Morgan fingerprint density at radius 1 is 0.879 bits per heavy atom. The number of sulfonamides is 1. The van der Waals surface area contributed by atoms with Crippen molar-refractivity contribution in [2.75, 3.05) is 15.4 Å². The van der Waals surface area contributed by atoms with Crippen LogP contribution in [-0.2, 0) is 22.9 Å². The molecule has 7 nitrogen and oxygen atoms in total. The molecule has 166 valence electrons. The third-order valence-corrected chi connectivity index (χ3v) is 6.89. The Bertz CT molecular complexity index is 1420. The van der Waals surface area contributed by atoms with Crippen molar-refractivity contribution in [2.45, 2.75) is 24.7 Å². The summed E-state index contributed by atoms with van der Waals surface area (Å²) >= 11 is 0. The number of aryl methyl sites for hydroxylation is 3. The number of nitrogens with one attached hydrogen (secondary N) is 3. The first-order valence-corrected chi connectivity index (χ1v) is 12.1. The summed E-state index contributed by atoms with van der Waals surface area (Å²) in [6.07, 6.45) is 3.18. The van der Waals surface area contributed by atoms with E-state index in [1.807, 2.05) is 31.2 Å². The van der Waals surface area contributed by atoms with Gasteiger partial charge in [0.25, 0.3) is 10.0 Å². The lowest BCUT2D eigenvalue weighted by Crippen LogP contribution is -2.14. The minimum absolute atomic E-state index is 0.229. The molecule has 0 spiro atoms. The van der Waals surface area contributed by atoms with Crippen LogP contribution in [0.1, 0.15) is 16.7 Å². The highest BCUT2D eigenvalue weighted by Crippen LogP contribution is 2.29. The van der Waals surface area contributed by atoms with Crippen molar-refractivity contribution in [3.8, 4) is 0 Å². The molecular weight excluding hydrogens is 434 g/mol. The first-order valence-electron chi connectivity index (χ1n) is 10.6. The van der Waals surface area contributed by atoms with E-state index in [0.717, 1.165) is 34.5 Å². The molecule has 3 aromatic carbocycles. The van der Waals surface area contributed by atoms with E-state index in [-0.39, 0.29) is 4.90 Å². The summed E-state index contributed by atoms with van der Waals surface area (Å²) in [6.45, 7) is 1.94. The third-order valence-electron chi connectivity index (χ3n) is 5.50. The SMILES string of the molecule is Cc1cnc2nc1Nc1ccc(NS(=O)(=O)c3ccccc3)c(c1)CCc1cccc(c1)N2. The largest absolute Gasteiger partial charge is 0.340 e. The van der Waals surface area contributed by atoms with E-state index in [2.05, 4.69) is 37.5 Å². The van der Waals surface area contributed by atoms with Crippen molar-refractivity contribution in [1.29, 1.82) is 0 Å². The van der Waals surface area contributed by atoms with Crippen LogP contribution in [-0.4, -0.2) is 18.4 Å². The van der Waals surface area contributed by atoms with Crippen LogP contribution in [0.3, 0.4) is 0 Å². The highest BCUT2D eigenvalue weighted by Gasteiger charge is 2.17. The predicted octanol–water partition coefficient (Wildman–Crippen LogP) is 5.17. The molecule has 6 bridgehead atoms. The van der Waals surface area contributed by atoms with Crippen molar-refractivity contribution < 1.29 is 8.42 Å². The lowest BCUT2D eigenvalue weighted by Gasteiger charge is -2.16. The van der Waals surface area contributed by atoms with E-state index in [1.165, 1.54) is 0 Å². The van der Waals surface area contributed by atoms with Crippen molar-refractivity contribution >= 4 is 38.9 Å². The van der Waals surface area contributed by atoms with Gasteiger partial charge in [-0.1, -0.05) is 30.3 Å². The Morgan fingerprint density at radius 3 is 2.55 bits per heavy atom. The molecule has 4 aromatic rings. The number of hydrogen-bond donors (Lipinski definition) is 3. The van der Waals surface area contributed by atoms with Gasteiger partial charge >= 0.3 is 0 Å². The Balaban J connectivity index is 1.56. The fourth-order valence-electron chi connectivity index (χ4n) is 3.76. The molecule has 0 atom stereocenters. The van der Waals surface area contributed by atoms with E-state index in [4.69, 9.17) is 0 Å². The van der Waals surface area contributed by atoms with Crippen LogP contribution >= 0.6 is 0 Å². The van der Waals surface area contributed by atoms with Crippen LogP contribution in [0.4, 0.5) is 28.8 Å². The summed E-state index contributed by atoms with van der Waals surface area (Å²) in [5.41, 5.74) is 5.21. The number of fused-ring (bicyclic) bond motifs is 6. The number of aromatic nitrogens is 2. The van der Waals surface area contributed by atoms with Gasteiger partial charge < -0.3 is 10.6 Å². The molecule has 8 heteroatoms. The van der Waals surface area contributed by atoms with Gasteiger partial charge in [-0.15, -0.1) is 0 Å². The zero-order valence-corrected chi connectivity index (χ0v) is 18.9. The highest BCUT2D eigenvalue weighted by atomic mass is 32.2. The van der Waals surface area contributed by atoms with Crippen LogP contribution in [0.5, 0.6) is 0 Å². The summed E-state index contributed by atoms with van der Waals surface area (Å²) in [7, 11) is -3.70. The Kier molecular flexibility index (Phi) is 5.43. The number of anilines is 5. The second kappa shape index (κ2) is 8.55. The predicted molar refractivity (Wildman–Crippen MR) is 131 cm³/mol. The Hall–Kier alpha value is -3.91. The maximum absolute atomic E-state index is 12.9. The van der Waals surface area contributed by atoms with Crippen LogP contribution in [0.15, 0.2) is 83.9 Å². The van der Waals surface area contributed by atoms with Crippen LogP contribution in [0.25, 0.3) is 0 Å². The van der Waals surface area contributed by atoms with Gasteiger partial charge in [-0.25, -0.2) is 13.4 Å². The zero-order valence-electron chi connectivity index (χ0n) is 18.0. The molecule has 3 N–H and O–H groups in total. The van der Waals surface area contributed by atoms with E-state index >= 15 is 0 Å².